The Morgan fingerprint density at radius 3 is 2.45 bits per heavy atom. The van der Waals surface area contributed by atoms with Crippen LogP contribution in [0.4, 0.5) is 5.69 Å². The van der Waals surface area contributed by atoms with Gasteiger partial charge >= 0.3 is 0 Å². The van der Waals surface area contributed by atoms with Crippen molar-refractivity contribution in [2.24, 2.45) is 0 Å². The van der Waals surface area contributed by atoms with E-state index >= 15 is 0 Å². The predicted molar refractivity (Wildman–Crippen MR) is 112 cm³/mol. The molecule has 0 radical (unpaired) electrons. The van der Waals surface area contributed by atoms with Gasteiger partial charge in [0, 0.05) is 5.54 Å². The van der Waals surface area contributed by atoms with Crippen LogP contribution in [0.5, 0.6) is 5.75 Å². The molecule has 2 aromatic rings. The molecule has 158 valence electrons. The second-order valence-corrected chi connectivity index (χ2v) is 9.30. The fourth-order valence-corrected chi connectivity index (χ4v) is 4.14. The summed E-state index contributed by atoms with van der Waals surface area (Å²) in [7, 11) is -2.22. The number of benzene rings is 2. The highest BCUT2D eigenvalue weighted by Crippen LogP contribution is 2.23. The number of nitrogens with one attached hydrogen (secondary N) is 2. The summed E-state index contributed by atoms with van der Waals surface area (Å²) in [6.45, 7) is 7.08. The van der Waals surface area contributed by atoms with E-state index in [1.165, 1.54) is 6.07 Å². The second-order valence-electron chi connectivity index (χ2n) is 7.65. The van der Waals surface area contributed by atoms with Crippen LogP contribution in [0.15, 0.2) is 53.4 Å². The molecule has 0 aliphatic heterocycles. The normalized spacial score (nSPS) is 13.0. The van der Waals surface area contributed by atoms with Gasteiger partial charge in [0.25, 0.3) is 5.91 Å². The molecule has 2 N–H and O–H groups in total. The van der Waals surface area contributed by atoms with E-state index in [0.717, 1.165) is 5.56 Å². The molecule has 0 saturated heterocycles. The van der Waals surface area contributed by atoms with Crippen molar-refractivity contribution in [3.63, 3.8) is 0 Å². The van der Waals surface area contributed by atoms with E-state index in [2.05, 4.69) is 10.0 Å². The fourth-order valence-electron chi connectivity index (χ4n) is 2.56. The Kier molecular flexibility index (Phi) is 7.40. The summed E-state index contributed by atoms with van der Waals surface area (Å²) < 4.78 is 38.8. The minimum Gasteiger partial charge on any atom is -0.497 e. The lowest BCUT2D eigenvalue weighted by molar-refractivity contribution is -0.127. The average molecular weight is 421 g/mol. The van der Waals surface area contributed by atoms with E-state index in [1.807, 2.05) is 24.3 Å². The number of sulfonamides is 1. The number of ether oxygens (including phenoxy) is 2. The molecular weight excluding hydrogens is 392 g/mol. The molecule has 0 aromatic heterocycles. The Morgan fingerprint density at radius 1 is 1.10 bits per heavy atom. The first-order valence-corrected chi connectivity index (χ1v) is 10.7. The van der Waals surface area contributed by atoms with Gasteiger partial charge in [-0.05, 0) is 57.5 Å². The zero-order valence-electron chi connectivity index (χ0n) is 17.4. The third-order valence-electron chi connectivity index (χ3n) is 3.88. The molecule has 0 fully saturated rings. The Bertz CT molecular complexity index is 952. The zero-order valence-corrected chi connectivity index (χ0v) is 18.2. The smallest absolute Gasteiger partial charge is 0.253 e. The number of para-hydroxylation sites is 1. The predicted octanol–water partition coefficient (Wildman–Crippen LogP) is 3.32. The lowest BCUT2D eigenvalue weighted by Crippen LogP contribution is -2.41. The van der Waals surface area contributed by atoms with Crippen LogP contribution in [0.3, 0.4) is 0 Å². The van der Waals surface area contributed by atoms with Gasteiger partial charge in [0.15, 0.2) is 0 Å². The molecule has 8 heteroatoms. The molecule has 0 heterocycles. The summed E-state index contributed by atoms with van der Waals surface area (Å²) in [5, 5.41) is 2.65. The lowest BCUT2D eigenvalue weighted by atomic mass is 10.1. The number of methoxy groups -OCH3 is 1. The quantitative estimate of drug-likeness (QED) is 0.683. The zero-order chi connectivity index (χ0) is 21.7. The third kappa shape index (κ3) is 6.85. The van der Waals surface area contributed by atoms with Gasteiger partial charge < -0.3 is 14.8 Å². The van der Waals surface area contributed by atoms with Gasteiger partial charge in [0.2, 0.25) is 10.0 Å². The van der Waals surface area contributed by atoms with Crippen molar-refractivity contribution in [3.05, 3.63) is 54.1 Å². The van der Waals surface area contributed by atoms with Crippen LogP contribution < -0.4 is 14.8 Å². The monoisotopic (exact) mass is 420 g/mol. The molecule has 0 spiro atoms. The standard InChI is InChI=1S/C21H28N2O5S/c1-15(28-14-16-9-8-10-17(13-16)27-5)20(24)22-18-11-6-7-12-19(18)29(25,26)23-21(2,3)4/h6-13,15,23H,14H2,1-5H3,(H,22,24). The van der Waals surface area contributed by atoms with Crippen LogP contribution >= 0.6 is 0 Å². The summed E-state index contributed by atoms with van der Waals surface area (Å²) in [6.07, 6.45) is -0.785. The Morgan fingerprint density at radius 2 is 1.79 bits per heavy atom. The summed E-state index contributed by atoms with van der Waals surface area (Å²) in [5.41, 5.74) is 0.413. The number of carbonyl (C=O) groups is 1. The van der Waals surface area contributed by atoms with E-state index in [-0.39, 0.29) is 17.2 Å². The highest BCUT2D eigenvalue weighted by molar-refractivity contribution is 7.89. The molecule has 1 atom stereocenters. The van der Waals surface area contributed by atoms with Crippen LogP contribution in [0.25, 0.3) is 0 Å². The van der Waals surface area contributed by atoms with Crippen molar-refractivity contribution < 1.29 is 22.7 Å². The van der Waals surface area contributed by atoms with E-state index < -0.39 is 27.6 Å². The number of carbonyl (C=O) groups excluding carboxylic acids is 1. The first-order valence-electron chi connectivity index (χ1n) is 9.20. The summed E-state index contributed by atoms with van der Waals surface area (Å²) in [5.74, 6) is 0.264. The van der Waals surface area contributed by atoms with Crippen molar-refractivity contribution in [1.29, 1.82) is 0 Å². The summed E-state index contributed by atoms with van der Waals surface area (Å²) in [4.78, 5) is 12.5. The van der Waals surface area contributed by atoms with Crippen LogP contribution in [0.2, 0.25) is 0 Å². The first kappa shape index (κ1) is 22.9. The van der Waals surface area contributed by atoms with Gasteiger partial charge in [0.1, 0.15) is 16.7 Å². The van der Waals surface area contributed by atoms with Gasteiger partial charge in [-0.3, -0.25) is 4.79 Å². The molecule has 2 rings (SSSR count). The maximum atomic E-state index is 12.7. The molecule has 0 aliphatic carbocycles. The van der Waals surface area contributed by atoms with Crippen molar-refractivity contribution in [2.75, 3.05) is 12.4 Å². The maximum Gasteiger partial charge on any atom is 0.253 e. The van der Waals surface area contributed by atoms with E-state index in [0.29, 0.717) is 5.75 Å². The molecule has 29 heavy (non-hydrogen) atoms. The average Bonchev–Trinajstić information content (AvgIpc) is 2.64. The highest BCUT2D eigenvalue weighted by atomic mass is 32.2. The molecule has 0 saturated carbocycles. The van der Waals surface area contributed by atoms with Crippen LogP contribution in [0.1, 0.15) is 33.3 Å². The SMILES string of the molecule is COc1cccc(COC(C)C(=O)Nc2ccccc2S(=O)(=O)NC(C)(C)C)c1. The Labute approximate surface area is 172 Å². The largest absolute Gasteiger partial charge is 0.497 e. The second kappa shape index (κ2) is 9.39. The molecule has 1 unspecified atom stereocenters. The number of anilines is 1. The van der Waals surface area contributed by atoms with Gasteiger partial charge in [-0.15, -0.1) is 0 Å². The van der Waals surface area contributed by atoms with Gasteiger partial charge in [-0.2, -0.15) is 0 Å². The van der Waals surface area contributed by atoms with E-state index in [9.17, 15) is 13.2 Å². The van der Waals surface area contributed by atoms with Crippen molar-refractivity contribution >= 4 is 21.6 Å². The Balaban J connectivity index is 2.08. The topological polar surface area (TPSA) is 93.7 Å². The number of hydrogen-bond donors (Lipinski definition) is 2. The minimum atomic E-state index is -3.80. The number of hydrogen-bond acceptors (Lipinski definition) is 5. The van der Waals surface area contributed by atoms with Crippen LogP contribution in [-0.2, 0) is 26.2 Å². The van der Waals surface area contributed by atoms with Crippen molar-refractivity contribution in [1.82, 2.24) is 4.72 Å². The molecule has 0 aliphatic rings. The van der Waals surface area contributed by atoms with Crippen molar-refractivity contribution in [3.8, 4) is 5.75 Å². The number of rotatable bonds is 8. The minimum absolute atomic E-state index is 0.00303. The first-order chi connectivity index (χ1) is 13.5. The van der Waals surface area contributed by atoms with E-state index in [4.69, 9.17) is 9.47 Å². The fraction of sp³-hybridized carbons (Fsp3) is 0.381. The maximum absolute atomic E-state index is 12.7. The van der Waals surface area contributed by atoms with Gasteiger partial charge in [0.05, 0.1) is 19.4 Å². The van der Waals surface area contributed by atoms with Crippen LogP contribution in [-0.4, -0.2) is 33.1 Å². The molecule has 2 aromatic carbocycles. The third-order valence-corrected chi connectivity index (χ3v) is 5.69. The van der Waals surface area contributed by atoms with E-state index in [1.54, 1.807) is 53.0 Å². The molecular formula is C21H28N2O5S. The van der Waals surface area contributed by atoms with Gasteiger partial charge in [-0.25, -0.2) is 13.1 Å². The summed E-state index contributed by atoms with van der Waals surface area (Å²) >= 11 is 0. The van der Waals surface area contributed by atoms with Crippen LogP contribution in [0, 0.1) is 0 Å². The Hall–Kier alpha value is -2.42. The molecule has 1 amide bonds. The summed E-state index contributed by atoms with van der Waals surface area (Å²) in [6, 6.07) is 13.6. The molecule has 7 nitrogen and oxygen atoms in total. The highest BCUT2D eigenvalue weighted by Gasteiger charge is 2.25. The van der Waals surface area contributed by atoms with Crippen molar-refractivity contribution in [2.45, 2.75) is 50.8 Å². The van der Waals surface area contributed by atoms with Gasteiger partial charge in [-0.1, -0.05) is 24.3 Å². The number of amides is 1. The molecule has 0 bridgehead atoms. The lowest BCUT2D eigenvalue weighted by Gasteiger charge is -2.22.